The third kappa shape index (κ3) is 4.89. The summed E-state index contributed by atoms with van der Waals surface area (Å²) in [5.74, 6) is 0.378. The van der Waals surface area contributed by atoms with Gasteiger partial charge in [-0.25, -0.2) is 0 Å². The maximum atomic E-state index is 12.7. The summed E-state index contributed by atoms with van der Waals surface area (Å²) >= 11 is 8.06. The van der Waals surface area contributed by atoms with E-state index in [1.54, 1.807) is 17.4 Å². The summed E-state index contributed by atoms with van der Waals surface area (Å²) in [5.41, 5.74) is 1.35. The van der Waals surface area contributed by atoms with E-state index in [1.165, 1.54) is 25.7 Å². The quantitative estimate of drug-likeness (QED) is 0.569. The number of rotatable bonds is 6. The molecule has 0 saturated carbocycles. The molecule has 0 aliphatic carbocycles. The Morgan fingerprint density at radius 1 is 1.17 bits per heavy atom. The number of carbonyl (C=O) groups excluding carboxylic acids is 1. The third-order valence-electron chi connectivity index (χ3n) is 5.31. The SMILES string of the molecule is O=C(NCC(c1ccccc1Cl)N1CCCCCC1)c1cc(-c2cccs2)on1. The van der Waals surface area contributed by atoms with Gasteiger partial charge in [-0.3, -0.25) is 9.69 Å². The number of hydrogen-bond acceptors (Lipinski definition) is 5. The van der Waals surface area contributed by atoms with E-state index in [4.69, 9.17) is 16.1 Å². The number of benzene rings is 1. The molecule has 1 unspecified atom stereocenters. The zero-order chi connectivity index (χ0) is 20.1. The van der Waals surface area contributed by atoms with Crippen molar-refractivity contribution in [3.8, 4) is 10.6 Å². The first-order chi connectivity index (χ1) is 14.2. The molecule has 2 aromatic heterocycles. The first kappa shape index (κ1) is 20.1. The van der Waals surface area contributed by atoms with Crippen molar-refractivity contribution in [1.82, 2.24) is 15.4 Å². The molecule has 3 aromatic rings. The van der Waals surface area contributed by atoms with Crippen LogP contribution in [-0.4, -0.2) is 35.6 Å². The lowest BCUT2D eigenvalue weighted by molar-refractivity contribution is 0.0924. The van der Waals surface area contributed by atoms with Gasteiger partial charge in [0, 0.05) is 17.6 Å². The molecule has 1 aliphatic heterocycles. The highest BCUT2D eigenvalue weighted by atomic mass is 35.5. The highest BCUT2D eigenvalue weighted by Gasteiger charge is 2.25. The molecular formula is C22H24ClN3O2S. The van der Waals surface area contributed by atoms with Crippen molar-refractivity contribution in [1.29, 1.82) is 0 Å². The molecule has 4 rings (SSSR count). The molecule has 3 heterocycles. The smallest absolute Gasteiger partial charge is 0.273 e. The largest absolute Gasteiger partial charge is 0.355 e. The zero-order valence-electron chi connectivity index (χ0n) is 16.1. The summed E-state index contributed by atoms with van der Waals surface area (Å²) in [5, 5.41) is 9.69. The Kier molecular flexibility index (Phi) is 6.64. The van der Waals surface area contributed by atoms with Crippen LogP contribution in [-0.2, 0) is 0 Å². The monoisotopic (exact) mass is 429 g/mol. The lowest BCUT2D eigenvalue weighted by Gasteiger charge is -2.31. The molecule has 1 N–H and O–H groups in total. The van der Waals surface area contributed by atoms with Crippen LogP contribution < -0.4 is 5.32 Å². The Balaban J connectivity index is 1.49. The normalized spacial score (nSPS) is 16.3. The number of carbonyl (C=O) groups is 1. The highest BCUT2D eigenvalue weighted by Crippen LogP contribution is 2.29. The Morgan fingerprint density at radius 2 is 1.97 bits per heavy atom. The van der Waals surface area contributed by atoms with E-state index in [0.29, 0.717) is 18.0 Å². The predicted octanol–water partition coefficient (Wildman–Crippen LogP) is 5.40. The van der Waals surface area contributed by atoms with Crippen LogP contribution in [0.25, 0.3) is 10.6 Å². The van der Waals surface area contributed by atoms with Gasteiger partial charge in [0.2, 0.25) is 0 Å². The number of hydrogen-bond donors (Lipinski definition) is 1. The van der Waals surface area contributed by atoms with Crippen molar-refractivity contribution in [3.63, 3.8) is 0 Å². The second kappa shape index (κ2) is 9.57. The maximum Gasteiger partial charge on any atom is 0.273 e. The van der Waals surface area contributed by atoms with Crippen LogP contribution >= 0.6 is 22.9 Å². The van der Waals surface area contributed by atoms with Crippen molar-refractivity contribution in [2.24, 2.45) is 0 Å². The molecule has 7 heteroatoms. The number of likely N-dealkylation sites (tertiary alicyclic amines) is 1. The van der Waals surface area contributed by atoms with Crippen LogP contribution in [0.1, 0.15) is 47.8 Å². The van der Waals surface area contributed by atoms with Crippen molar-refractivity contribution in [2.75, 3.05) is 19.6 Å². The van der Waals surface area contributed by atoms with E-state index in [2.05, 4.69) is 21.4 Å². The maximum absolute atomic E-state index is 12.7. The van der Waals surface area contributed by atoms with Gasteiger partial charge < -0.3 is 9.84 Å². The molecular weight excluding hydrogens is 406 g/mol. The van der Waals surface area contributed by atoms with E-state index in [1.807, 2.05) is 35.7 Å². The van der Waals surface area contributed by atoms with E-state index in [-0.39, 0.29) is 11.9 Å². The van der Waals surface area contributed by atoms with Crippen molar-refractivity contribution < 1.29 is 9.32 Å². The topological polar surface area (TPSA) is 58.4 Å². The van der Waals surface area contributed by atoms with Crippen LogP contribution in [0.3, 0.4) is 0 Å². The zero-order valence-corrected chi connectivity index (χ0v) is 17.7. The van der Waals surface area contributed by atoms with Crippen LogP contribution in [0.5, 0.6) is 0 Å². The fourth-order valence-electron chi connectivity index (χ4n) is 3.78. The molecule has 1 aromatic carbocycles. The molecule has 1 fully saturated rings. The van der Waals surface area contributed by atoms with Crippen LogP contribution in [0.4, 0.5) is 0 Å². The lowest BCUT2D eigenvalue weighted by Crippen LogP contribution is -2.39. The molecule has 0 bridgehead atoms. The van der Waals surface area contributed by atoms with E-state index in [9.17, 15) is 4.79 Å². The summed E-state index contributed by atoms with van der Waals surface area (Å²) in [6.07, 6.45) is 4.84. The third-order valence-corrected chi connectivity index (χ3v) is 6.54. The standard InChI is InChI=1S/C22H24ClN3O2S/c23-17-9-4-3-8-16(17)19(26-11-5-1-2-6-12-26)15-24-22(27)18-14-20(28-25-18)21-10-7-13-29-21/h3-4,7-10,13-14,19H,1-2,5-6,11-12,15H2,(H,24,27). The molecule has 152 valence electrons. The Labute approximate surface area is 179 Å². The molecule has 1 atom stereocenters. The summed E-state index contributed by atoms with van der Waals surface area (Å²) in [6.45, 7) is 2.50. The summed E-state index contributed by atoms with van der Waals surface area (Å²) in [7, 11) is 0. The van der Waals surface area contributed by atoms with Gasteiger partial charge in [-0.2, -0.15) is 0 Å². The second-order valence-electron chi connectivity index (χ2n) is 7.25. The lowest BCUT2D eigenvalue weighted by atomic mass is 10.0. The highest BCUT2D eigenvalue weighted by molar-refractivity contribution is 7.13. The van der Waals surface area contributed by atoms with Gasteiger partial charge in [-0.05, 0) is 49.0 Å². The van der Waals surface area contributed by atoms with Gasteiger partial charge in [0.25, 0.3) is 5.91 Å². The van der Waals surface area contributed by atoms with Gasteiger partial charge in [-0.1, -0.05) is 53.9 Å². The number of aromatic nitrogens is 1. The Morgan fingerprint density at radius 3 is 2.69 bits per heavy atom. The fraction of sp³-hybridized carbons (Fsp3) is 0.364. The van der Waals surface area contributed by atoms with Crippen molar-refractivity contribution >= 4 is 28.8 Å². The number of nitrogens with one attached hydrogen (secondary N) is 1. The van der Waals surface area contributed by atoms with E-state index >= 15 is 0 Å². The fourth-order valence-corrected chi connectivity index (χ4v) is 4.72. The first-order valence-corrected chi connectivity index (χ1v) is 11.3. The molecule has 29 heavy (non-hydrogen) atoms. The molecule has 5 nitrogen and oxygen atoms in total. The van der Waals surface area contributed by atoms with Crippen LogP contribution in [0.15, 0.2) is 52.4 Å². The number of amides is 1. The summed E-state index contributed by atoms with van der Waals surface area (Å²) in [6, 6.07) is 13.5. The minimum Gasteiger partial charge on any atom is -0.355 e. The van der Waals surface area contributed by atoms with Gasteiger partial charge in [0.05, 0.1) is 10.9 Å². The predicted molar refractivity (Wildman–Crippen MR) is 116 cm³/mol. The molecule has 1 saturated heterocycles. The molecule has 1 aliphatic rings. The second-order valence-corrected chi connectivity index (χ2v) is 8.61. The van der Waals surface area contributed by atoms with Gasteiger partial charge in [0.1, 0.15) is 0 Å². The van der Waals surface area contributed by atoms with Gasteiger partial charge in [0.15, 0.2) is 11.5 Å². The van der Waals surface area contributed by atoms with Gasteiger partial charge in [-0.15, -0.1) is 11.3 Å². The Bertz CT molecular complexity index is 933. The van der Waals surface area contributed by atoms with Gasteiger partial charge >= 0.3 is 0 Å². The minimum atomic E-state index is -0.233. The number of nitrogens with zero attached hydrogens (tertiary/aromatic N) is 2. The average Bonchev–Trinajstić information content (AvgIpc) is 3.37. The minimum absolute atomic E-state index is 0.0365. The van der Waals surface area contributed by atoms with Crippen molar-refractivity contribution in [2.45, 2.75) is 31.7 Å². The summed E-state index contributed by atoms with van der Waals surface area (Å²) in [4.78, 5) is 16.1. The van der Waals surface area contributed by atoms with Crippen LogP contribution in [0, 0.1) is 0 Å². The molecule has 0 spiro atoms. The first-order valence-electron chi connectivity index (χ1n) is 9.99. The number of halogens is 1. The van der Waals surface area contributed by atoms with E-state index < -0.39 is 0 Å². The summed E-state index contributed by atoms with van der Waals surface area (Å²) < 4.78 is 5.34. The number of thiophene rings is 1. The molecule has 0 radical (unpaired) electrons. The van der Waals surface area contributed by atoms with Crippen molar-refractivity contribution in [3.05, 3.63) is 64.1 Å². The van der Waals surface area contributed by atoms with Crippen LogP contribution in [0.2, 0.25) is 5.02 Å². The Hall–Kier alpha value is -2.15. The van der Waals surface area contributed by atoms with E-state index in [0.717, 1.165) is 28.6 Å². The average molecular weight is 430 g/mol. The molecule has 1 amide bonds.